The van der Waals surface area contributed by atoms with Crippen LogP contribution in [0.5, 0.6) is 0 Å². The number of hydrogen-bond acceptors (Lipinski definition) is 6. The van der Waals surface area contributed by atoms with Gasteiger partial charge in [-0.3, -0.25) is 0 Å². The van der Waals surface area contributed by atoms with Gasteiger partial charge in [-0.15, -0.1) is 11.8 Å². The second-order valence-electron chi connectivity index (χ2n) is 3.38. The Kier molecular flexibility index (Phi) is 4.99. The van der Waals surface area contributed by atoms with E-state index in [0.717, 1.165) is 17.3 Å². The molecule has 0 aliphatic rings. The number of rotatable bonds is 6. The maximum Gasteiger partial charge on any atom is 0.0651 e. The zero-order valence-corrected chi connectivity index (χ0v) is 9.68. The van der Waals surface area contributed by atoms with Crippen molar-refractivity contribution in [1.29, 1.82) is 0 Å². The number of carboxylic acids is 2. The summed E-state index contributed by atoms with van der Waals surface area (Å²) < 4.78 is 0. The third kappa shape index (κ3) is 4.08. The Morgan fingerprint density at radius 2 is 1.76 bits per heavy atom. The zero-order valence-electron chi connectivity index (χ0n) is 8.87. The van der Waals surface area contributed by atoms with Gasteiger partial charge in [0.15, 0.2) is 0 Å². The highest BCUT2D eigenvalue weighted by atomic mass is 32.2. The molecular weight excluding hydrogens is 242 g/mol. The molecule has 2 N–H and O–H groups in total. The average Bonchev–Trinajstić information content (AvgIpc) is 2.29. The van der Waals surface area contributed by atoms with E-state index >= 15 is 0 Å². The fourth-order valence-corrected chi connectivity index (χ4v) is 2.22. The molecule has 2 unspecified atom stereocenters. The molecular formula is C11H11NO4S-2. The van der Waals surface area contributed by atoms with Crippen LogP contribution in [-0.2, 0) is 15.3 Å². The SMILES string of the molecule is NC(C(=O)[O-])C(SCc1ccccc1)C(=O)[O-]. The molecule has 0 aliphatic heterocycles. The number of benzene rings is 1. The molecule has 0 aliphatic carbocycles. The number of carbonyl (C=O) groups excluding carboxylic acids is 2. The van der Waals surface area contributed by atoms with Crippen molar-refractivity contribution in [2.24, 2.45) is 5.73 Å². The van der Waals surface area contributed by atoms with Gasteiger partial charge >= 0.3 is 0 Å². The first kappa shape index (κ1) is 13.5. The van der Waals surface area contributed by atoms with E-state index in [1.54, 1.807) is 0 Å². The first-order valence-corrected chi connectivity index (χ1v) is 5.90. The van der Waals surface area contributed by atoms with Gasteiger partial charge < -0.3 is 25.5 Å². The minimum atomic E-state index is -1.60. The van der Waals surface area contributed by atoms with Crippen LogP contribution < -0.4 is 15.9 Å². The largest absolute Gasteiger partial charge is 0.549 e. The van der Waals surface area contributed by atoms with Gasteiger partial charge in [0.1, 0.15) is 0 Å². The number of aliphatic carboxylic acids is 2. The van der Waals surface area contributed by atoms with E-state index in [9.17, 15) is 19.8 Å². The van der Waals surface area contributed by atoms with Crippen molar-refractivity contribution in [3.63, 3.8) is 0 Å². The monoisotopic (exact) mass is 253 g/mol. The van der Waals surface area contributed by atoms with Crippen LogP contribution >= 0.6 is 11.8 Å². The first-order valence-electron chi connectivity index (χ1n) is 4.85. The predicted octanol–water partition coefficient (Wildman–Crippen LogP) is -1.88. The van der Waals surface area contributed by atoms with Crippen molar-refractivity contribution in [1.82, 2.24) is 0 Å². The molecule has 0 saturated carbocycles. The molecule has 0 amide bonds. The Hall–Kier alpha value is -1.53. The highest BCUT2D eigenvalue weighted by Gasteiger charge is 2.20. The van der Waals surface area contributed by atoms with Crippen molar-refractivity contribution in [2.45, 2.75) is 17.0 Å². The minimum absolute atomic E-state index is 0.348. The quantitative estimate of drug-likeness (QED) is 0.635. The Balaban J connectivity index is 2.63. The molecule has 0 heterocycles. The van der Waals surface area contributed by atoms with Crippen LogP contribution in [0.25, 0.3) is 0 Å². The number of carboxylic acid groups (broad SMARTS) is 2. The van der Waals surface area contributed by atoms with Gasteiger partial charge in [0, 0.05) is 5.75 Å². The van der Waals surface area contributed by atoms with Gasteiger partial charge in [-0.25, -0.2) is 0 Å². The summed E-state index contributed by atoms with van der Waals surface area (Å²) in [6, 6.07) is 7.49. The summed E-state index contributed by atoms with van der Waals surface area (Å²) >= 11 is 0.911. The van der Waals surface area contributed by atoms with Crippen LogP contribution in [0.1, 0.15) is 5.56 Å². The third-order valence-electron chi connectivity index (χ3n) is 2.10. The summed E-state index contributed by atoms with van der Waals surface area (Å²) in [5.74, 6) is -2.75. The van der Waals surface area contributed by atoms with Gasteiger partial charge in [-0.1, -0.05) is 30.3 Å². The van der Waals surface area contributed by atoms with Crippen LogP contribution in [0.4, 0.5) is 0 Å². The zero-order chi connectivity index (χ0) is 12.8. The number of carbonyl (C=O) groups is 2. The Morgan fingerprint density at radius 1 is 1.18 bits per heavy atom. The van der Waals surface area contributed by atoms with Crippen LogP contribution in [0.3, 0.4) is 0 Å². The highest BCUT2D eigenvalue weighted by Crippen LogP contribution is 2.19. The second-order valence-corrected chi connectivity index (χ2v) is 4.51. The summed E-state index contributed by atoms with van der Waals surface area (Å²) in [6.45, 7) is 0. The van der Waals surface area contributed by atoms with E-state index in [-0.39, 0.29) is 0 Å². The molecule has 0 bridgehead atoms. The van der Waals surface area contributed by atoms with Gasteiger partial charge in [0.25, 0.3) is 0 Å². The Bertz CT molecular complexity index is 396. The molecule has 0 spiro atoms. The van der Waals surface area contributed by atoms with Crippen molar-refractivity contribution < 1.29 is 19.8 Å². The number of thioether (sulfide) groups is 1. The molecule has 17 heavy (non-hydrogen) atoms. The lowest BCUT2D eigenvalue weighted by molar-refractivity contribution is -0.315. The van der Waals surface area contributed by atoms with Gasteiger partial charge in [0.2, 0.25) is 0 Å². The molecule has 5 nitrogen and oxygen atoms in total. The van der Waals surface area contributed by atoms with Crippen molar-refractivity contribution in [2.75, 3.05) is 0 Å². The summed E-state index contributed by atoms with van der Waals surface area (Å²) in [4.78, 5) is 21.3. The van der Waals surface area contributed by atoms with E-state index in [4.69, 9.17) is 5.73 Å². The number of nitrogens with two attached hydrogens (primary N) is 1. The number of hydrogen-bond donors (Lipinski definition) is 1. The summed E-state index contributed by atoms with van der Waals surface area (Å²) in [6.07, 6.45) is 0. The molecule has 1 rings (SSSR count). The highest BCUT2D eigenvalue weighted by molar-refractivity contribution is 7.99. The standard InChI is InChI=1S/C11H13NO4S/c12-8(10(13)14)9(11(15)16)17-6-7-4-2-1-3-5-7/h1-5,8-9H,6,12H2,(H,13,14)(H,15,16)/p-2. The molecule has 0 saturated heterocycles. The first-order chi connectivity index (χ1) is 8.02. The lowest BCUT2D eigenvalue weighted by atomic mass is 10.2. The smallest absolute Gasteiger partial charge is 0.0651 e. The van der Waals surface area contributed by atoms with Crippen LogP contribution in [0.2, 0.25) is 0 Å². The average molecular weight is 253 g/mol. The van der Waals surface area contributed by atoms with Crippen molar-refractivity contribution in [3.8, 4) is 0 Å². The lowest BCUT2D eigenvalue weighted by Crippen LogP contribution is -2.54. The van der Waals surface area contributed by atoms with Crippen molar-refractivity contribution in [3.05, 3.63) is 35.9 Å². The molecule has 1 aromatic rings. The maximum absolute atomic E-state index is 10.8. The Labute approximate surface area is 103 Å². The minimum Gasteiger partial charge on any atom is -0.549 e. The molecule has 2 atom stereocenters. The van der Waals surface area contributed by atoms with Gasteiger partial charge in [0.05, 0.1) is 23.2 Å². The van der Waals surface area contributed by atoms with Crippen LogP contribution in [-0.4, -0.2) is 23.2 Å². The van der Waals surface area contributed by atoms with E-state index in [1.165, 1.54) is 0 Å². The topological polar surface area (TPSA) is 106 Å². The maximum atomic E-state index is 10.8. The van der Waals surface area contributed by atoms with E-state index in [0.29, 0.717) is 5.75 Å². The van der Waals surface area contributed by atoms with Crippen molar-refractivity contribution >= 4 is 23.7 Å². The molecule has 6 heteroatoms. The summed E-state index contributed by atoms with van der Waals surface area (Å²) in [7, 11) is 0. The third-order valence-corrected chi connectivity index (χ3v) is 3.45. The summed E-state index contributed by atoms with van der Waals surface area (Å²) in [5.41, 5.74) is 6.11. The predicted molar refractivity (Wildman–Crippen MR) is 59.5 cm³/mol. The normalized spacial score (nSPS) is 13.9. The molecule has 0 aromatic heterocycles. The fraction of sp³-hybridized carbons (Fsp3) is 0.273. The molecule has 1 aromatic carbocycles. The second kappa shape index (κ2) is 6.27. The fourth-order valence-electron chi connectivity index (χ4n) is 1.20. The molecule has 0 fully saturated rings. The van der Waals surface area contributed by atoms with Crippen LogP contribution in [0.15, 0.2) is 30.3 Å². The lowest BCUT2D eigenvalue weighted by Gasteiger charge is -2.24. The van der Waals surface area contributed by atoms with Crippen LogP contribution in [0, 0.1) is 0 Å². The van der Waals surface area contributed by atoms with Gasteiger partial charge in [-0.2, -0.15) is 0 Å². The Morgan fingerprint density at radius 3 is 2.24 bits per heavy atom. The molecule has 0 radical (unpaired) electrons. The molecule has 92 valence electrons. The van der Waals surface area contributed by atoms with E-state index in [1.807, 2.05) is 30.3 Å². The van der Waals surface area contributed by atoms with E-state index in [2.05, 4.69) is 0 Å². The van der Waals surface area contributed by atoms with Gasteiger partial charge in [-0.05, 0) is 5.56 Å². The summed E-state index contributed by atoms with van der Waals surface area (Å²) in [5, 5.41) is 20.0. The van der Waals surface area contributed by atoms with E-state index < -0.39 is 23.2 Å².